The number of nitrogens with zero attached hydrogens (tertiary/aromatic N) is 2. The minimum atomic E-state index is -0.673. The first-order chi connectivity index (χ1) is 12.0. The summed E-state index contributed by atoms with van der Waals surface area (Å²) in [7, 11) is 0. The van der Waals surface area contributed by atoms with Crippen LogP contribution < -0.4 is 10.1 Å². The van der Waals surface area contributed by atoms with Crippen molar-refractivity contribution < 1.29 is 13.9 Å². The Labute approximate surface area is 149 Å². The summed E-state index contributed by atoms with van der Waals surface area (Å²) in [6.07, 6.45) is 0.581. The van der Waals surface area contributed by atoms with Crippen molar-refractivity contribution in [3.05, 3.63) is 59.4 Å². The SMILES string of the molecule is Cc1cc(OC(C)C(=O)Nc2cccc(-c3nnco3)c2)ccc1Cl. The predicted octanol–water partition coefficient (Wildman–Crippen LogP) is 4.10. The number of anilines is 1. The zero-order valence-corrected chi connectivity index (χ0v) is 14.4. The van der Waals surface area contributed by atoms with Crippen molar-refractivity contribution in [2.45, 2.75) is 20.0 Å². The van der Waals surface area contributed by atoms with Crippen molar-refractivity contribution in [1.82, 2.24) is 10.2 Å². The molecule has 1 N–H and O–H groups in total. The van der Waals surface area contributed by atoms with E-state index < -0.39 is 6.10 Å². The average molecular weight is 358 g/mol. The van der Waals surface area contributed by atoms with Crippen LogP contribution in [0.3, 0.4) is 0 Å². The Balaban J connectivity index is 1.67. The molecule has 0 aliphatic carbocycles. The van der Waals surface area contributed by atoms with Gasteiger partial charge in [-0.15, -0.1) is 10.2 Å². The molecule has 1 atom stereocenters. The number of carbonyl (C=O) groups excluding carboxylic acids is 1. The summed E-state index contributed by atoms with van der Waals surface area (Å²) in [5.74, 6) is 0.705. The highest BCUT2D eigenvalue weighted by molar-refractivity contribution is 6.31. The van der Waals surface area contributed by atoms with E-state index in [-0.39, 0.29) is 5.91 Å². The summed E-state index contributed by atoms with van der Waals surface area (Å²) in [5, 5.41) is 11.0. The van der Waals surface area contributed by atoms with Crippen LogP contribution in [0.5, 0.6) is 5.75 Å². The van der Waals surface area contributed by atoms with Crippen LogP contribution in [0.2, 0.25) is 5.02 Å². The molecule has 0 radical (unpaired) electrons. The van der Waals surface area contributed by atoms with E-state index in [0.717, 1.165) is 11.1 Å². The number of carbonyl (C=O) groups is 1. The van der Waals surface area contributed by atoms with E-state index in [9.17, 15) is 4.79 Å². The van der Waals surface area contributed by atoms with E-state index in [1.807, 2.05) is 13.0 Å². The largest absolute Gasteiger partial charge is 0.481 e. The van der Waals surface area contributed by atoms with Gasteiger partial charge in [-0.2, -0.15) is 0 Å². The van der Waals surface area contributed by atoms with Crippen LogP contribution >= 0.6 is 11.6 Å². The Kier molecular flexibility index (Phi) is 5.00. The lowest BCUT2D eigenvalue weighted by Gasteiger charge is -2.15. The third kappa shape index (κ3) is 4.16. The van der Waals surface area contributed by atoms with E-state index >= 15 is 0 Å². The first-order valence-electron chi connectivity index (χ1n) is 7.63. The number of ether oxygens (including phenoxy) is 1. The van der Waals surface area contributed by atoms with E-state index in [1.165, 1.54) is 6.39 Å². The lowest BCUT2D eigenvalue weighted by Crippen LogP contribution is -2.30. The van der Waals surface area contributed by atoms with Gasteiger partial charge in [0, 0.05) is 16.3 Å². The molecule has 1 heterocycles. The van der Waals surface area contributed by atoms with Crippen molar-refractivity contribution in [2.75, 3.05) is 5.32 Å². The van der Waals surface area contributed by atoms with Crippen molar-refractivity contribution in [2.24, 2.45) is 0 Å². The maximum atomic E-state index is 12.4. The summed E-state index contributed by atoms with van der Waals surface area (Å²) >= 11 is 5.99. The molecular weight excluding hydrogens is 342 g/mol. The van der Waals surface area contributed by atoms with Gasteiger partial charge >= 0.3 is 0 Å². The Morgan fingerprint density at radius 2 is 2.12 bits per heavy atom. The van der Waals surface area contributed by atoms with Gasteiger partial charge < -0.3 is 14.5 Å². The molecule has 0 saturated carbocycles. The monoisotopic (exact) mass is 357 g/mol. The molecule has 0 aliphatic heterocycles. The number of amides is 1. The van der Waals surface area contributed by atoms with Crippen LogP contribution in [0, 0.1) is 6.92 Å². The van der Waals surface area contributed by atoms with Gasteiger partial charge in [0.05, 0.1) is 0 Å². The number of rotatable bonds is 5. The lowest BCUT2D eigenvalue weighted by molar-refractivity contribution is -0.122. The number of benzene rings is 2. The molecule has 6 nitrogen and oxygen atoms in total. The average Bonchev–Trinajstić information content (AvgIpc) is 3.13. The highest BCUT2D eigenvalue weighted by atomic mass is 35.5. The van der Waals surface area contributed by atoms with Gasteiger partial charge in [-0.3, -0.25) is 4.79 Å². The van der Waals surface area contributed by atoms with Crippen molar-refractivity contribution >= 4 is 23.2 Å². The molecule has 1 aromatic heterocycles. The highest BCUT2D eigenvalue weighted by Crippen LogP contribution is 2.23. The first kappa shape index (κ1) is 17.0. The number of hydrogen-bond donors (Lipinski definition) is 1. The molecule has 0 aliphatic rings. The highest BCUT2D eigenvalue weighted by Gasteiger charge is 2.16. The maximum absolute atomic E-state index is 12.4. The standard InChI is InChI=1S/C18H16ClN3O3/c1-11-8-15(6-7-16(11)19)25-12(2)17(23)21-14-5-3-4-13(9-14)18-22-20-10-24-18/h3-10,12H,1-2H3,(H,21,23). The zero-order valence-electron chi connectivity index (χ0n) is 13.7. The predicted molar refractivity (Wildman–Crippen MR) is 94.6 cm³/mol. The second kappa shape index (κ2) is 7.36. The quantitative estimate of drug-likeness (QED) is 0.743. The van der Waals surface area contributed by atoms with Crippen molar-refractivity contribution in [1.29, 1.82) is 0 Å². The molecule has 25 heavy (non-hydrogen) atoms. The normalized spacial score (nSPS) is 11.8. The van der Waals surface area contributed by atoms with Gasteiger partial charge in [-0.25, -0.2) is 0 Å². The molecule has 128 valence electrons. The number of aromatic nitrogens is 2. The third-order valence-electron chi connectivity index (χ3n) is 3.55. The fourth-order valence-electron chi connectivity index (χ4n) is 2.22. The Bertz CT molecular complexity index is 881. The minimum Gasteiger partial charge on any atom is -0.481 e. The molecule has 3 rings (SSSR count). The van der Waals surface area contributed by atoms with Crippen LogP contribution in [0.4, 0.5) is 5.69 Å². The van der Waals surface area contributed by atoms with Gasteiger partial charge in [0.15, 0.2) is 6.10 Å². The Morgan fingerprint density at radius 1 is 1.28 bits per heavy atom. The van der Waals surface area contributed by atoms with Gasteiger partial charge in [0.25, 0.3) is 5.91 Å². The number of hydrogen-bond acceptors (Lipinski definition) is 5. The summed E-state index contributed by atoms with van der Waals surface area (Å²) in [6.45, 7) is 3.56. The van der Waals surface area contributed by atoms with E-state index in [0.29, 0.717) is 22.4 Å². The molecule has 0 fully saturated rings. The van der Waals surface area contributed by atoms with Crippen LogP contribution in [0.25, 0.3) is 11.5 Å². The fraction of sp³-hybridized carbons (Fsp3) is 0.167. The van der Waals surface area contributed by atoms with E-state index in [1.54, 1.807) is 43.3 Å². The Morgan fingerprint density at radius 3 is 2.84 bits per heavy atom. The van der Waals surface area contributed by atoms with E-state index in [4.69, 9.17) is 20.8 Å². The topological polar surface area (TPSA) is 77.2 Å². The molecule has 3 aromatic rings. The van der Waals surface area contributed by atoms with Crippen molar-refractivity contribution in [3.8, 4) is 17.2 Å². The van der Waals surface area contributed by atoms with Crippen LogP contribution in [-0.2, 0) is 4.79 Å². The van der Waals surface area contributed by atoms with Gasteiger partial charge in [0.1, 0.15) is 5.75 Å². The molecular formula is C18H16ClN3O3. The second-order valence-corrected chi connectivity index (χ2v) is 5.89. The van der Waals surface area contributed by atoms with Crippen LogP contribution in [0.15, 0.2) is 53.3 Å². The summed E-state index contributed by atoms with van der Waals surface area (Å²) in [4.78, 5) is 12.4. The first-order valence-corrected chi connectivity index (χ1v) is 8.01. The molecule has 0 bridgehead atoms. The Hall–Kier alpha value is -2.86. The molecule has 1 amide bonds. The number of halogens is 1. The van der Waals surface area contributed by atoms with Gasteiger partial charge in [0.2, 0.25) is 12.3 Å². The minimum absolute atomic E-state index is 0.268. The van der Waals surface area contributed by atoms with Crippen LogP contribution in [-0.4, -0.2) is 22.2 Å². The zero-order chi connectivity index (χ0) is 17.8. The van der Waals surface area contributed by atoms with Crippen LogP contribution in [0.1, 0.15) is 12.5 Å². The molecule has 0 saturated heterocycles. The fourth-order valence-corrected chi connectivity index (χ4v) is 2.34. The smallest absolute Gasteiger partial charge is 0.265 e. The molecule has 0 spiro atoms. The van der Waals surface area contributed by atoms with Crippen molar-refractivity contribution in [3.63, 3.8) is 0 Å². The molecule has 2 aromatic carbocycles. The molecule has 1 unspecified atom stereocenters. The van der Waals surface area contributed by atoms with E-state index in [2.05, 4.69) is 15.5 Å². The summed E-state index contributed by atoms with van der Waals surface area (Å²) < 4.78 is 10.8. The second-order valence-electron chi connectivity index (χ2n) is 5.49. The third-order valence-corrected chi connectivity index (χ3v) is 3.97. The van der Waals surface area contributed by atoms with Gasteiger partial charge in [-0.05, 0) is 55.8 Å². The maximum Gasteiger partial charge on any atom is 0.265 e. The summed E-state index contributed by atoms with van der Waals surface area (Å²) in [6, 6.07) is 12.4. The number of nitrogens with one attached hydrogen (secondary N) is 1. The lowest BCUT2D eigenvalue weighted by atomic mass is 10.2. The number of aryl methyl sites for hydroxylation is 1. The van der Waals surface area contributed by atoms with Gasteiger partial charge in [-0.1, -0.05) is 17.7 Å². The molecule has 7 heteroatoms. The summed E-state index contributed by atoms with van der Waals surface area (Å²) in [5.41, 5.74) is 2.22.